The molecule has 10 nitrogen and oxygen atoms in total. The predicted molar refractivity (Wildman–Crippen MR) is 125 cm³/mol. The van der Waals surface area contributed by atoms with Gasteiger partial charge in [-0.25, -0.2) is 17.8 Å². The van der Waals surface area contributed by atoms with Gasteiger partial charge in [-0.15, -0.1) is 0 Å². The molecule has 0 spiro atoms. The van der Waals surface area contributed by atoms with Crippen LogP contribution in [0.5, 0.6) is 0 Å². The number of alkyl halides is 1. The zero-order valence-electron chi connectivity index (χ0n) is 18.6. The lowest BCUT2D eigenvalue weighted by molar-refractivity contribution is 0.0997. The van der Waals surface area contributed by atoms with Crippen molar-refractivity contribution < 1.29 is 26.5 Å². The highest BCUT2D eigenvalue weighted by Gasteiger charge is 2.43. The fourth-order valence-electron chi connectivity index (χ4n) is 3.41. The van der Waals surface area contributed by atoms with E-state index in [1.807, 2.05) is 6.92 Å². The number of halogens is 1. The summed E-state index contributed by atoms with van der Waals surface area (Å²) >= 11 is 0. The van der Waals surface area contributed by atoms with E-state index in [1.165, 1.54) is 6.20 Å². The van der Waals surface area contributed by atoms with Crippen LogP contribution in [0.1, 0.15) is 34.3 Å². The standard InChI is InChI=1S/C23H20FN5O5S/c1-12-3-4-14(20-27-23(34-28-20)16-10-17(16)24)9-18(12)26-21(30)19-11-25-22(33-19)13-5-7-15(8-6-13)29-35(2,31)32/h3-9,11,16-17,29H,10H2,1-2H3,(H,26,30)/t16-,17-/m0/s1. The Kier molecular flexibility index (Phi) is 5.59. The van der Waals surface area contributed by atoms with E-state index in [2.05, 4.69) is 25.2 Å². The molecule has 35 heavy (non-hydrogen) atoms. The zero-order valence-corrected chi connectivity index (χ0v) is 19.5. The minimum atomic E-state index is -3.39. The number of carbonyl (C=O) groups excluding carboxylic acids is 1. The van der Waals surface area contributed by atoms with Crippen LogP contribution in [0.15, 0.2) is 57.6 Å². The van der Waals surface area contributed by atoms with Crippen LogP contribution >= 0.6 is 0 Å². The molecule has 0 bridgehead atoms. The molecule has 0 radical (unpaired) electrons. The third kappa shape index (κ3) is 5.06. The van der Waals surface area contributed by atoms with E-state index in [1.54, 1.807) is 42.5 Å². The first-order chi connectivity index (χ1) is 16.7. The van der Waals surface area contributed by atoms with Crippen LogP contribution in [0.2, 0.25) is 0 Å². The number of hydrogen-bond acceptors (Lipinski definition) is 8. The Bertz CT molecular complexity index is 1510. The minimum absolute atomic E-state index is 0.00675. The average molecular weight is 498 g/mol. The third-order valence-electron chi connectivity index (χ3n) is 5.38. The number of hydrogen-bond donors (Lipinski definition) is 2. The second-order valence-electron chi connectivity index (χ2n) is 8.28. The molecule has 12 heteroatoms. The molecular weight excluding hydrogens is 477 g/mol. The van der Waals surface area contributed by atoms with Crippen LogP contribution in [-0.4, -0.2) is 41.9 Å². The second kappa shape index (κ2) is 8.62. The van der Waals surface area contributed by atoms with Crippen molar-refractivity contribution in [2.24, 2.45) is 0 Å². The number of amides is 1. The summed E-state index contributed by atoms with van der Waals surface area (Å²) in [7, 11) is -3.39. The Morgan fingerprint density at radius 3 is 2.54 bits per heavy atom. The van der Waals surface area contributed by atoms with Gasteiger partial charge in [-0.05, 0) is 49.2 Å². The summed E-state index contributed by atoms with van der Waals surface area (Å²) in [5.74, 6) is -0.0664. The number of aromatic nitrogens is 3. The number of carbonyl (C=O) groups is 1. The van der Waals surface area contributed by atoms with Gasteiger partial charge in [0, 0.05) is 22.5 Å². The van der Waals surface area contributed by atoms with Crippen molar-refractivity contribution in [2.75, 3.05) is 16.3 Å². The van der Waals surface area contributed by atoms with Crippen molar-refractivity contribution in [1.82, 2.24) is 15.1 Å². The topological polar surface area (TPSA) is 140 Å². The highest BCUT2D eigenvalue weighted by Crippen LogP contribution is 2.43. The van der Waals surface area contributed by atoms with Crippen LogP contribution in [0.3, 0.4) is 0 Å². The largest absolute Gasteiger partial charge is 0.431 e. The van der Waals surface area contributed by atoms with Gasteiger partial charge in [-0.3, -0.25) is 9.52 Å². The van der Waals surface area contributed by atoms with E-state index >= 15 is 0 Å². The Labute approximate surface area is 199 Å². The molecule has 1 amide bonds. The number of rotatable bonds is 7. The lowest BCUT2D eigenvalue weighted by atomic mass is 10.1. The molecule has 2 aromatic heterocycles. The van der Waals surface area contributed by atoms with Crippen LogP contribution in [-0.2, 0) is 10.0 Å². The van der Waals surface area contributed by atoms with Crippen molar-refractivity contribution in [3.05, 3.63) is 65.9 Å². The fourth-order valence-corrected chi connectivity index (χ4v) is 3.97. The van der Waals surface area contributed by atoms with E-state index in [9.17, 15) is 17.6 Å². The van der Waals surface area contributed by atoms with Crippen LogP contribution in [0.25, 0.3) is 22.8 Å². The smallest absolute Gasteiger partial charge is 0.293 e. The number of nitrogens with one attached hydrogen (secondary N) is 2. The van der Waals surface area contributed by atoms with E-state index in [0.29, 0.717) is 34.7 Å². The van der Waals surface area contributed by atoms with Gasteiger partial charge in [-0.1, -0.05) is 17.3 Å². The average Bonchev–Trinajstić information content (AvgIpc) is 3.20. The molecule has 0 saturated heterocycles. The van der Waals surface area contributed by atoms with Crippen molar-refractivity contribution in [2.45, 2.75) is 25.4 Å². The molecule has 2 aromatic carbocycles. The molecule has 1 fully saturated rings. The lowest BCUT2D eigenvalue weighted by Gasteiger charge is -2.08. The molecular formula is C23H20FN5O5S. The van der Waals surface area contributed by atoms with Crippen molar-refractivity contribution in [3.63, 3.8) is 0 Å². The van der Waals surface area contributed by atoms with Crippen molar-refractivity contribution >= 4 is 27.3 Å². The van der Waals surface area contributed by atoms with Gasteiger partial charge in [0.05, 0.1) is 18.4 Å². The number of anilines is 2. The third-order valence-corrected chi connectivity index (χ3v) is 5.99. The SMILES string of the molecule is Cc1ccc(-c2noc([C@H]3C[C@@H]3F)n2)cc1NC(=O)c1cnc(-c2ccc(NS(C)(=O)=O)cc2)o1. The molecule has 4 aromatic rings. The van der Waals surface area contributed by atoms with E-state index in [4.69, 9.17) is 8.94 Å². The Morgan fingerprint density at radius 1 is 1.14 bits per heavy atom. The summed E-state index contributed by atoms with van der Waals surface area (Å²) in [6.07, 6.45) is 1.81. The molecule has 0 unspecified atom stereocenters. The van der Waals surface area contributed by atoms with Gasteiger partial charge >= 0.3 is 0 Å². The summed E-state index contributed by atoms with van der Waals surface area (Å²) < 4.78 is 49.1. The summed E-state index contributed by atoms with van der Waals surface area (Å²) in [5.41, 5.74) is 2.89. The normalized spacial score (nSPS) is 17.2. The van der Waals surface area contributed by atoms with E-state index in [-0.39, 0.29) is 23.5 Å². The molecule has 0 aliphatic heterocycles. The Balaban J connectivity index is 1.30. The van der Waals surface area contributed by atoms with Crippen molar-refractivity contribution in [1.29, 1.82) is 0 Å². The highest BCUT2D eigenvalue weighted by molar-refractivity contribution is 7.92. The summed E-state index contributed by atoms with van der Waals surface area (Å²) in [5, 5.41) is 6.71. The zero-order chi connectivity index (χ0) is 24.7. The number of sulfonamides is 1. The molecule has 5 rings (SSSR count). The molecule has 2 N–H and O–H groups in total. The first kappa shape index (κ1) is 22.7. The Hall–Kier alpha value is -4.06. The quantitative estimate of drug-likeness (QED) is 0.388. The maximum absolute atomic E-state index is 13.3. The van der Waals surface area contributed by atoms with Gasteiger partial charge in [0.15, 0.2) is 0 Å². The summed E-state index contributed by atoms with van der Waals surface area (Å²) in [6.45, 7) is 1.83. The first-order valence-electron chi connectivity index (χ1n) is 10.6. The van der Waals surface area contributed by atoms with Gasteiger partial charge < -0.3 is 14.3 Å². The van der Waals surface area contributed by atoms with E-state index in [0.717, 1.165) is 11.8 Å². The number of nitrogens with zero attached hydrogens (tertiary/aromatic N) is 3. The number of oxazole rings is 1. The van der Waals surface area contributed by atoms with Crippen molar-refractivity contribution in [3.8, 4) is 22.8 Å². The van der Waals surface area contributed by atoms with E-state index < -0.39 is 22.1 Å². The molecule has 1 saturated carbocycles. The maximum atomic E-state index is 13.3. The fraction of sp³-hybridized carbons (Fsp3) is 0.217. The lowest BCUT2D eigenvalue weighted by Crippen LogP contribution is -2.12. The second-order valence-corrected chi connectivity index (χ2v) is 10.0. The molecule has 1 aliphatic carbocycles. The first-order valence-corrected chi connectivity index (χ1v) is 12.5. The molecule has 180 valence electrons. The Morgan fingerprint density at radius 2 is 1.86 bits per heavy atom. The molecule has 2 atom stereocenters. The number of aryl methyl sites for hydroxylation is 1. The van der Waals surface area contributed by atoms with Crippen LogP contribution in [0.4, 0.5) is 15.8 Å². The monoisotopic (exact) mass is 497 g/mol. The van der Waals surface area contributed by atoms with Gasteiger partial charge in [0.2, 0.25) is 33.4 Å². The molecule has 2 heterocycles. The van der Waals surface area contributed by atoms with Gasteiger partial charge in [0.1, 0.15) is 6.17 Å². The van der Waals surface area contributed by atoms with Crippen LogP contribution < -0.4 is 10.0 Å². The molecule has 1 aliphatic rings. The highest BCUT2D eigenvalue weighted by atomic mass is 32.2. The summed E-state index contributed by atoms with van der Waals surface area (Å²) in [6, 6.07) is 11.7. The maximum Gasteiger partial charge on any atom is 0.293 e. The predicted octanol–water partition coefficient (Wildman–Crippen LogP) is 4.15. The minimum Gasteiger partial charge on any atom is -0.431 e. The van der Waals surface area contributed by atoms with Crippen LogP contribution in [0, 0.1) is 6.92 Å². The van der Waals surface area contributed by atoms with Gasteiger partial charge in [-0.2, -0.15) is 4.98 Å². The number of benzene rings is 2. The summed E-state index contributed by atoms with van der Waals surface area (Å²) in [4.78, 5) is 21.2. The van der Waals surface area contributed by atoms with Gasteiger partial charge in [0.25, 0.3) is 5.91 Å².